The first kappa shape index (κ1) is 11.8. The molecule has 6 heteroatoms. The van der Waals surface area contributed by atoms with Gasteiger partial charge < -0.3 is 5.73 Å². The van der Waals surface area contributed by atoms with E-state index >= 15 is 0 Å². The molecule has 2 heterocycles. The summed E-state index contributed by atoms with van der Waals surface area (Å²) in [6, 6.07) is -0.213. The number of halogens is 1. The Balaban J connectivity index is 2.35. The molecule has 1 atom stereocenters. The van der Waals surface area contributed by atoms with Crippen LogP contribution in [0.2, 0.25) is 0 Å². The molecule has 0 amide bonds. The summed E-state index contributed by atoms with van der Waals surface area (Å²) in [4.78, 5) is 4.25. The van der Waals surface area contributed by atoms with Crippen LogP contribution in [0.3, 0.4) is 0 Å². The number of aryl methyl sites for hydroxylation is 1. The lowest BCUT2D eigenvalue weighted by Crippen LogP contribution is -2.18. The van der Waals surface area contributed by atoms with E-state index in [9.17, 15) is 0 Å². The maximum Gasteiger partial charge on any atom is 0.0917 e. The normalized spacial score (nSPS) is 12.9. The van der Waals surface area contributed by atoms with Crippen LogP contribution in [0.4, 0.5) is 0 Å². The number of nitrogens with zero attached hydrogens (tertiary/aromatic N) is 3. The Hall–Kier alpha value is -0.720. The summed E-state index contributed by atoms with van der Waals surface area (Å²) in [6.45, 7) is 2.99. The fourth-order valence-electron chi connectivity index (χ4n) is 1.59. The molecule has 2 N–H and O–H groups in total. The van der Waals surface area contributed by atoms with Crippen LogP contribution in [0.25, 0.3) is 0 Å². The molecule has 86 valence electrons. The van der Waals surface area contributed by atoms with E-state index < -0.39 is 0 Å². The van der Waals surface area contributed by atoms with E-state index in [1.54, 1.807) is 23.0 Å². The first-order valence-electron chi connectivity index (χ1n) is 5.09. The standard InChI is InChI=1S/C10H13BrN4S/c1-2-3-15-10(7(11)4-14-15)9(12)8-5-16-6-13-8/h4-6,9H,2-3,12H2,1H3. The molecule has 1 unspecified atom stereocenters. The molecular weight excluding hydrogens is 288 g/mol. The van der Waals surface area contributed by atoms with Crippen molar-refractivity contribution in [3.63, 3.8) is 0 Å². The van der Waals surface area contributed by atoms with Crippen molar-refractivity contribution in [3.8, 4) is 0 Å². The average Bonchev–Trinajstić information content (AvgIpc) is 2.88. The molecule has 0 aliphatic carbocycles. The fraction of sp³-hybridized carbons (Fsp3) is 0.400. The zero-order valence-electron chi connectivity index (χ0n) is 8.93. The minimum Gasteiger partial charge on any atom is -0.318 e. The Morgan fingerprint density at radius 2 is 2.44 bits per heavy atom. The predicted octanol–water partition coefficient (Wildman–Crippen LogP) is 2.56. The van der Waals surface area contributed by atoms with E-state index in [4.69, 9.17) is 5.73 Å². The Kier molecular flexibility index (Phi) is 3.73. The van der Waals surface area contributed by atoms with Gasteiger partial charge in [0.25, 0.3) is 0 Å². The SMILES string of the molecule is CCCn1ncc(Br)c1C(N)c1cscn1. The molecule has 0 spiro atoms. The predicted molar refractivity (Wildman–Crippen MR) is 68.4 cm³/mol. The minimum absolute atomic E-state index is 0.213. The van der Waals surface area contributed by atoms with Gasteiger partial charge in [0.05, 0.1) is 33.6 Å². The lowest BCUT2D eigenvalue weighted by Gasteiger charge is -2.12. The molecular formula is C10H13BrN4S. The number of rotatable bonds is 4. The molecule has 2 aromatic rings. The molecule has 0 saturated heterocycles. The van der Waals surface area contributed by atoms with Crippen LogP contribution in [0.15, 0.2) is 21.6 Å². The summed E-state index contributed by atoms with van der Waals surface area (Å²) in [5.74, 6) is 0. The molecule has 0 radical (unpaired) electrons. The fourth-order valence-corrected chi connectivity index (χ4v) is 2.72. The van der Waals surface area contributed by atoms with Crippen molar-refractivity contribution in [1.29, 1.82) is 0 Å². The van der Waals surface area contributed by atoms with Gasteiger partial charge >= 0.3 is 0 Å². The highest BCUT2D eigenvalue weighted by Gasteiger charge is 2.19. The molecule has 0 bridgehead atoms. The number of nitrogens with two attached hydrogens (primary N) is 1. The summed E-state index contributed by atoms with van der Waals surface area (Å²) < 4.78 is 2.88. The van der Waals surface area contributed by atoms with Gasteiger partial charge in [-0.05, 0) is 22.4 Å². The van der Waals surface area contributed by atoms with E-state index in [2.05, 4.69) is 32.9 Å². The third-order valence-electron chi connectivity index (χ3n) is 2.33. The molecule has 0 aliphatic heterocycles. The van der Waals surface area contributed by atoms with E-state index in [-0.39, 0.29) is 6.04 Å². The maximum atomic E-state index is 6.19. The quantitative estimate of drug-likeness (QED) is 0.944. The van der Waals surface area contributed by atoms with Crippen molar-refractivity contribution in [3.05, 3.63) is 32.9 Å². The van der Waals surface area contributed by atoms with Gasteiger partial charge in [-0.15, -0.1) is 11.3 Å². The van der Waals surface area contributed by atoms with Gasteiger partial charge in [0.2, 0.25) is 0 Å². The second-order valence-corrected chi connectivity index (χ2v) is 5.06. The highest BCUT2D eigenvalue weighted by molar-refractivity contribution is 9.10. The Bertz CT molecular complexity index is 451. The third-order valence-corrected chi connectivity index (χ3v) is 3.55. The van der Waals surface area contributed by atoms with Crippen LogP contribution in [0, 0.1) is 0 Å². The average molecular weight is 301 g/mol. The van der Waals surface area contributed by atoms with Crippen molar-refractivity contribution < 1.29 is 0 Å². The summed E-state index contributed by atoms with van der Waals surface area (Å²) in [5.41, 5.74) is 9.87. The van der Waals surface area contributed by atoms with E-state index in [1.807, 2.05) is 10.1 Å². The van der Waals surface area contributed by atoms with Crippen LogP contribution in [-0.2, 0) is 6.54 Å². The second kappa shape index (κ2) is 5.07. The molecule has 16 heavy (non-hydrogen) atoms. The Morgan fingerprint density at radius 1 is 1.62 bits per heavy atom. The van der Waals surface area contributed by atoms with Gasteiger partial charge in [0.15, 0.2) is 0 Å². The molecule has 0 aromatic carbocycles. The molecule has 0 fully saturated rings. The maximum absolute atomic E-state index is 6.19. The molecule has 2 rings (SSSR count). The minimum atomic E-state index is -0.213. The van der Waals surface area contributed by atoms with Gasteiger partial charge in [0.1, 0.15) is 0 Å². The van der Waals surface area contributed by atoms with Crippen molar-refractivity contribution >= 4 is 27.3 Å². The Labute approximate surface area is 107 Å². The smallest absolute Gasteiger partial charge is 0.0917 e. The monoisotopic (exact) mass is 300 g/mol. The number of hydrogen-bond acceptors (Lipinski definition) is 4. The summed E-state index contributed by atoms with van der Waals surface area (Å²) in [5, 5.41) is 6.27. The molecule has 0 aliphatic rings. The van der Waals surface area contributed by atoms with Crippen LogP contribution >= 0.6 is 27.3 Å². The summed E-state index contributed by atoms with van der Waals surface area (Å²) in [7, 11) is 0. The summed E-state index contributed by atoms with van der Waals surface area (Å²) >= 11 is 5.04. The van der Waals surface area contributed by atoms with Gasteiger partial charge in [0, 0.05) is 11.9 Å². The molecule has 4 nitrogen and oxygen atoms in total. The van der Waals surface area contributed by atoms with Gasteiger partial charge in [-0.3, -0.25) is 4.68 Å². The zero-order chi connectivity index (χ0) is 11.5. The topological polar surface area (TPSA) is 56.7 Å². The molecule has 0 saturated carbocycles. The third kappa shape index (κ3) is 2.18. The second-order valence-electron chi connectivity index (χ2n) is 3.49. The highest BCUT2D eigenvalue weighted by Crippen LogP contribution is 2.26. The van der Waals surface area contributed by atoms with Crippen molar-refractivity contribution in [2.24, 2.45) is 5.73 Å². The lowest BCUT2D eigenvalue weighted by molar-refractivity contribution is 0.556. The first-order valence-corrected chi connectivity index (χ1v) is 6.82. The Morgan fingerprint density at radius 3 is 3.06 bits per heavy atom. The van der Waals surface area contributed by atoms with E-state index in [1.165, 1.54) is 0 Å². The van der Waals surface area contributed by atoms with Crippen molar-refractivity contribution in [1.82, 2.24) is 14.8 Å². The first-order chi connectivity index (χ1) is 7.74. The van der Waals surface area contributed by atoms with Crippen LogP contribution < -0.4 is 5.73 Å². The largest absolute Gasteiger partial charge is 0.318 e. The number of aromatic nitrogens is 3. The van der Waals surface area contributed by atoms with Crippen molar-refractivity contribution in [2.75, 3.05) is 0 Å². The van der Waals surface area contributed by atoms with E-state index in [0.717, 1.165) is 28.8 Å². The highest BCUT2D eigenvalue weighted by atomic mass is 79.9. The van der Waals surface area contributed by atoms with Gasteiger partial charge in [-0.25, -0.2) is 4.98 Å². The molecule has 2 aromatic heterocycles. The zero-order valence-corrected chi connectivity index (χ0v) is 11.3. The van der Waals surface area contributed by atoms with Crippen LogP contribution in [0.5, 0.6) is 0 Å². The van der Waals surface area contributed by atoms with Crippen LogP contribution in [0.1, 0.15) is 30.8 Å². The van der Waals surface area contributed by atoms with Crippen LogP contribution in [-0.4, -0.2) is 14.8 Å². The number of hydrogen-bond donors (Lipinski definition) is 1. The lowest BCUT2D eigenvalue weighted by atomic mass is 10.1. The summed E-state index contributed by atoms with van der Waals surface area (Å²) in [6.07, 6.45) is 2.82. The van der Waals surface area contributed by atoms with E-state index in [0.29, 0.717) is 0 Å². The number of thiazole rings is 1. The van der Waals surface area contributed by atoms with Gasteiger partial charge in [-0.2, -0.15) is 5.10 Å². The van der Waals surface area contributed by atoms with Gasteiger partial charge in [-0.1, -0.05) is 6.92 Å². The van der Waals surface area contributed by atoms with Crippen molar-refractivity contribution in [2.45, 2.75) is 25.9 Å².